The second-order valence-electron chi connectivity index (χ2n) is 6.83. The molecule has 0 aliphatic rings. The van der Waals surface area contributed by atoms with E-state index in [4.69, 9.17) is 0 Å². The first kappa shape index (κ1) is 20.6. The molecule has 0 bridgehead atoms. The zero-order chi connectivity index (χ0) is 21.8. The Morgan fingerprint density at radius 1 is 0.903 bits per heavy atom. The Balaban J connectivity index is 1.72. The first-order valence-corrected chi connectivity index (χ1v) is 10.3. The van der Waals surface area contributed by atoms with E-state index in [1.54, 1.807) is 24.3 Å². The lowest BCUT2D eigenvalue weighted by molar-refractivity contribution is 0.0933. The summed E-state index contributed by atoms with van der Waals surface area (Å²) in [6.07, 6.45) is 0. The summed E-state index contributed by atoms with van der Waals surface area (Å²) >= 11 is 3.35. The van der Waals surface area contributed by atoms with Gasteiger partial charge < -0.3 is 10.4 Å². The molecular weight excluding hydrogens is 458 g/mol. The maximum absolute atomic E-state index is 13.1. The first-order valence-electron chi connectivity index (χ1n) is 9.53. The molecule has 0 fully saturated rings. The number of carbonyl (C=O) groups is 1. The third kappa shape index (κ3) is 4.57. The Kier molecular flexibility index (Phi) is 5.95. The van der Waals surface area contributed by atoms with Crippen molar-refractivity contribution < 1.29 is 9.90 Å². The molecule has 0 saturated carbocycles. The van der Waals surface area contributed by atoms with Crippen molar-refractivity contribution in [1.29, 1.82) is 0 Å². The molecule has 0 saturated heterocycles. The summed E-state index contributed by atoms with van der Waals surface area (Å²) in [6, 6.07) is 26.4. The summed E-state index contributed by atoms with van der Waals surface area (Å²) in [7, 11) is 0. The van der Waals surface area contributed by atoms with Gasteiger partial charge in [-0.25, -0.2) is 0 Å². The van der Waals surface area contributed by atoms with Crippen molar-refractivity contribution in [2.75, 3.05) is 0 Å². The van der Waals surface area contributed by atoms with E-state index < -0.39 is 23.3 Å². The quantitative estimate of drug-likeness (QED) is 0.452. The number of hydrogen-bond acceptors (Lipinski definition) is 4. The van der Waals surface area contributed by atoms with Gasteiger partial charge in [-0.1, -0.05) is 76.6 Å². The summed E-state index contributed by atoms with van der Waals surface area (Å²) in [5.41, 5.74) is 1.45. The van der Waals surface area contributed by atoms with Crippen LogP contribution in [-0.4, -0.2) is 20.8 Å². The van der Waals surface area contributed by atoms with Crippen LogP contribution >= 0.6 is 15.9 Å². The van der Waals surface area contributed by atoms with Crippen molar-refractivity contribution in [3.8, 4) is 11.4 Å². The van der Waals surface area contributed by atoms with Gasteiger partial charge >= 0.3 is 0 Å². The van der Waals surface area contributed by atoms with Crippen molar-refractivity contribution in [1.82, 2.24) is 15.1 Å². The topological polar surface area (TPSA) is 84.2 Å². The lowest BCUT2D eigenvalue weighted by Crippen LogP contribution is -2.32. The highest BCUT2D eigenvalue weighted by atomic mass is 79.9. The molecule has 0 spiro atoms. The van der Waals surface area contributed by atoms with Gasteiger partial charge in [0, 0.05) is 10.5 Å². The van der Waals surface area contributed by atoms with Crippen LogP contribution in [0.25, 0.3) is 5.69 Å². The van der Waals surface area contributed by atoms with Crippen LogP contribution in [0.5, 0.6) is 5.75 Å². The molecule has 0 aliphatic heterocycles. The average molecular weight is 476 g/mol. The number of nitrogens with zero attached hydrogens (tertiary/aromatic N) is 2. The van der Waals surface area contributed by atoms with Gasteiger partial charge in [0.1, 0.15) is 0 Å². The lowest BCUT2D eigenvalue weighted by Gasteiger charge is -2.20. The molecule has 1 heterocycles. The number of nitrogens with one attached hydrogen (secondary N) is 1. The second-order valence-corrected chi connectivity index (χ2v) is 7.75. The zero-order valence-corrected chi connectivity index (χ0v) is 17.9. The van der Waals surface area contributed by atoms with E-state index in [1.165, 1.54) is 0 Å². The van der Waals surface area contributed by atoms with Crippen LogP contribution in [0, 0.1) is 0 Å². The summed E-state index contributed by atoms with van der Waals surface area (Å²) in [4.78, 5) is 25.5. The molecule has 1 aromatic heterocycles. The molecule has 0 atom stereocenters. The van der Waals surface area contributed by atoms with E-state index in [-0.39, 0.29) is 5.69 Å². The van der Waals surface area contributed by atoms with E-state index in [2.05, 4.69) is 26.3 Å². The minimum absolute atomic E-state index is 0.237. The Labute approximate surface area is 186 Å². The lowest BCUT2D eigenvalue weighted by atomic mass is 9.98. The fourth-order valence-corrected chi connectivity index (χ4v) is 3.49. The van der Waals surface area contributed by atoms with Gasteiger partial charge in [0.15, 0.2) is 11.4 Å². The van der Waals surface area contributed by atoms with Crippen molar-refractivity contribution in [3.63, 3.8) is 0 Å². The number of aromatic hydroxyl groups is 1. The SMILES string of the molecule is O=C(NC(c1ccccc1)c1ccccc1)c1nn(-c2ccc(Br)cc2)c(=O)cc1O. The van der Waals surface area contributed by atoms with Crippen molar-refractivity contribution in [3.05, 3.63) is 123 Å². The smallest absolute Gasteiger partial charge is 0.276 e. The molecule has 154 valence electrons. The van der Waals surface area contributed by atoms with Gasteiger partial charge in [0.2, 0.25) is 0 Å². The van der Waals surface area contributed by atoms with Crippen molar-refractivity contribution in [2.24, 2.45) is 0 Å². The second kappa shape index (κ2) is 8.97. The molecule has 6 nitrogen and oxygen atoms in total. The number of halogens is 1. The average Bonchev–Trinajstić information content (AvgIpc) is 2.79. The Morgan fingerprint density at radius 3 is 2.00 bits per heavy atom. The van der Waals surface area contributed by atoms with Crippen LogP contribution in [0.1, 0.15) is 27.7 Å². The first-order chi connectivity index (χ1) is 15.0. The molecule has 31 heavy (non-hydrogen) atoms. The Morgan fingerprint density at radius 2 is 1.45 bits per heavy atom. The fourth-order valence-electron chi connectivity index (χ4n) is 3.23. The number of amides is 1. The molecule has 0 aliphatic carbocycles. The summed E-state index contributed by atoms with van der Waals surface area (Å²) in [5.74, 6) is -1.07. The van der Waals surface area contributed by atoms with Crippen LogP contribution < -0.4 is 10.9 Å². The van der Waals surface area contributed by atoms with Gasteiger partial charge in [-0.3, -0.25) is 9.59 Å². The third-order valence-electron chi connectivity index (χ3n) is 4.74. The molecule has 4 aromatic rings. The van der Waals surface area contributed by atoms with Crippen LogP contribution in [0.15, 0.2) is 100 Å². The standard InChI is InChI=1S/C24H18BrN3O3/c25-18-11-13-19(14-12-18)28-21(30)15-20(29)23(27-28)24(31)26-22(16-7-3-1-4-8-16)17-9-5-2-6-10-17/h1-15,22,29H,(H,26,31). The summed E-state index contributed by atoms with van der Waals surface area (Å²) in [6.45, 7) is 0. The molecule has 2 N–H and O–H groups in total. The molecule has 4 rings (SSSR count). The number of carbonyl (C=O) groups excluding carboxylic acids is 1. The highest BCUT2D eigenvalue weighted by Gasteiger charge is 2.22. The third-order valence-corrected chi connectivity index (χ3v) is 5.27. The van der Waals surface area contributed by atoms with Gasteiger partial charge in [-0.05, 0) is 35.4 Å². The maximum Gasteiger partial charge on any atom is 0.276 e. The number of aromatic nitrogens is 2. The number of rotatable bonds is 5. The van der Waals surface area contributed by atoms with Crippen molar-refractivity contribution in [2.45, 2.75) is 6.04 Å². The van der Waals surface area contributed by atoms with E-state index in [0.29, 0.717) is 5.69 Å². The number of benzene rings is 3. The van der Waals surface area contributed by atoms with Gasteiger partial charge in [-0.15, -0.1) is 0 Å². The molecule has 7 heteroatoms. The predicted molar refractivity (Wildman–Crippen MR) is 121 cm³/mol. The highest BCUT2D eigenvalue weighted by Crippen LogP contribution is 2.23. The highest BCUT2D eigenvalue weighted by molar-refractivity contribution is 9.10. The molecule has 0 radical (unpaired) electrons. The van der Waals surface area contributed by atoms with E-state index in [9.17, 15) is 14.7 Å². The van der Waals surface area contributed by atoms with Crippen LogP contribution in [0.2, 0.25) is 0 Å². The molecule has 1 amide bonds. The van der Waals surface area contributed by atoms with Crippen LogP contribution in [-0.2, 0) is 0 Å². The summed E-state index contributed by atoms with van der Waals surface area (Å²) < 4.78 is 1.93. The predicted octanol–water partition coefficient (Wildman–Crippen LogP) is 4.22. The largest absolute Gasteiger partial charge is 0.505 e. The van der Waals surface area contributed by atoms with E-state index in [0.717, 1.165) is 26.3 Å². The van der Waals surface area contributed by atoms with Gasteiger partial charge in [-0.2, -0.15) is 9.78 Å². The van der Waals surface area contributed by atoms with E-state index >= 15 is 0 Å². The Bertz CT molecular complexity index is 1220. The van der Waals surface area contributed by atoms with Gasteiger partial charge in [0.05, 0.1) is 11.7 Å². The fraction of sp³-hybridized carbons (Fsp3) is 0.0417. The van der Waals surface area contributed by atoms with Crippen molar-refractivity contribution >= 4 is 21.8 Å². The summed E-state index contributed by atoms with van der Waals surface area (Å²) in [5, 5.41) is 17.4. The van der Waals surface area contributed by atoms with Gasteiger partial charge in [0.25, 0.3) is 11.5 Å². The van der Waals surface area contributed by atoms with Crippen LogP contribution in [0.4, 0.5) is 0 Å². The maximum atomic E-state index is 13.1. The number of hydrogen-bond donors (Lipinski definition) is 2. The molecule has 0 unspecified atom stereocenters. The van der Waals surface area contributed by atoms with Crippen LogP contribution in [0.3, 0.4) is 0 Å². The minimum Gasteiger partial charge on any atom is -0.505 e. The molecule has 3 aromatic carbocycles. The molecular formula is C24H18BrN3O3. The normalized spacial score (nSPS) is 10.8. The Hall–Kier alpha value is -3.71. The monoisotopic (exact) mass is 475 g/mol. The zero-order valence-electron chi connectivity index (χ0n) is 16.3. The van der Waals surface area contributed by atoms with E-state index in [1.807, 2.05) is 60.7 Å². The minimum atomic E-state index is -0.596.